The Bertz CT molecular complexity index is 889. The van der Waals surface area contributed by atoms with E-state index < -0.39 is 8.80 Å². The summed E-state index contributed by atoms with van der Waals surface area (Å²) in [7, 11) is 1.97. The van der Waals surface area contributed by atoms with Crippen molar-refractivity contribution in [1.82, 2.24) is 10.2 Å². The van der Waals surface area contributed by atoms with Crippen molar-refractivity contribution >= 4 is 20.6 Å². The topological polar surface area (TPSA) is 77.1 Å². The smallest absolute Gasteiger partial charge is 0.374 e. The minimum Gasteiger partial charge on any atom is -0.374 e. The maximum absolute atomic E-state index is 13.4. The predicted octanol–water partition coefficient (Wildman–Crippen LogP) is 14.0. The normalized spacial score (nSPS) is 12.1. The standard InChI is InChI=1S/C51H105N3O5Si/c1-8-13-15-17-19-21-23-25-27-29-31-33-35-39-44-53(45-40-36-34-32-30-28-26-24-22-20-18-16-14-9-2)51(56)49-52-50(55)43-38-37-41-46-54(6,7)47-42-48-60(57-10-3,58-11-4)59-12-5/h8-49H2,1-7H3/p+1. The summed E-state index contributed by atoms with van der Waals surface area (Å²) in [6.45, 7) is 16.3. The lowest BCUT2D eigenvalue weighted by atomic mass is 10.0. The molecule has 2 amide bonds. The number of quaternary nitrogens is 1. The summed E-state index contributed by atoms with van der Waals surface area (Å²) in [6.07, 6.45) is 41.9. The fraction of sp³-hybridized carbons (Fsp3) is 0.961. The van der Waals surface area contributed by atoms with Gasteiger partial charge in [0.05, 0.1) is 33.7 Å². The highest BCUT2D eigenvalue weighted by atomic mass is 28.4. The molecule has 1 N–H and O–H groups in total. The molecule has 0 radical (unpaired) electrons. The minimum absolute atomic E-state index is 0.00843. The van der Waals surface area contributed by atoms with Gasteiger partial charge < -0.3 is 28.0 Å². The molecule has 0 heterocycles. The molecule has 0 aromatic heterocycles. The van der Waals surface area contributed by atoms with Crippen LogP contribution in [0.3, 0.4) is 0 Å². The van der Waals surface area contributed by atoms with Crippen LogP contribution in [0.2, 0.25) is 6.04 Å². The first-order valence-corrected chi connectivity index (χ1v) is 28.4. The molecule has 0 aromatic carbocycles. The molecular weight excluding hydrogens is 763 g/mol. The molecule has 0 unspecified atom stereocenters. The number of nitrogens with zero attached hydrogens (tertiary/aromatic N) is 2. The average Bonchev–Trinajstić information content (AvgIpc) is 3.22. The molecule has 0 saturated heterocycles. The van der Waals surface area contributed by atoms with Crippen molar-refractivity contribution in [3.63, 3.8) is 0 Å². The van der Waals surface area contributed by atoms with Gasteiger partial charge >= 0.3 is 8.80 Å². The Hall–Kier alpha value is -1.00. The van der Waals surface area contributed by atoms with Crippen LogP contribution < -0.4 is 5.32 Å². The molecule has 0 bridgehead atoms. The second-order valence-electron chi connectivity index (χ2n) is 18.6. The predicted molar refractivity (Wildman–Crippen MR) is 261 cm³/mol. The van der Waals surface area contributed by atoms with Crippen LogP contribution in [0, 0.1) is 0 Å². The lowest BCUT2D eigenvalue weighted by molar-refractivity contribution is -0.890. The molecule has 0 aromatic rings. The van der Waals surface area contributed by atoms with Gasteiger partial charge in [0.1, 0.15) is 0 Å². The van der Waals surface area contributed by atoms with E-state index in [0.717, 1.165) is 75.2 Å². The quantitative estimate of drug-likeness (QED) is 0.0374. The Labute approximate surface area is 376 Å². The third-order valence-corrected chi connectivity index (χ3v) is 15.5. The van der Waals surface area contributed by atoms with E-state index in [2.05, 4.69) is 38.2 Å². The molecule has 0 fully saturated rings. The fourth-order valence-electron chi connectivity index (χ4n) is 8.57. The molecule has 358 valence electrons. The summed E-state index contributed by atoms with van der Waals surface area (Å²) in [4.78, 5) is 28.3. The Morgan fingerprint density at radius 2 is 0.783 bits per heavy atom. The number of hydrogen-bond acceptors (Lipinski definition) is 5. The van der Waals surface area contributed by atoms with Crippen LogP contribution in [0.4, 0.5) is 0 Å². The van der Waals surface area contributed by atoms with E-state index in [0.29, 0.717) is 26.2 Å². The molecule has 0 spiro atoms. The lowest BCUT2D eigenvalue weighted by Crippen LogP contribution is -2.48. The van der Waals surface area contributed by atoms with Gasteiger partial charge in [-0.2, -0.15) is 0 Å². The molecule has 0 saturated carbocycles. The maximum atomic E-state index is 13.4. The second kappa shape index (κ2) is 43.3. The SMILES string of the molecule is CCCCCCCCCCCCCCCCN(CCCCCCCCCCCCCCCC)C(=O)CNC(=O)CCCCC[N+](C)(C)CCC[Si](OCC)(OCC)OCC. The molecule has 8 nitrogen and oxygen atoms in total. The molecule has 0 atom stereocenters. The highest BCUT2D eigenvalue weighted by Gasteiger charge is 2.40. The molecular formula is C51H106N3O5Si+. The van der Waals surface area contributed by atoms with Crippen molar-refractivity contribution in [2.24, 2.45) is 0 Å². The lowest BCUT2D eigenvalue weighted by Gasteiger charge is -2.32. The number of carbonyl (C=O) groups is 2. The van der Waals surface area contributed by atoms with Crippen LogP contribution in [-0.2, 0) is 22.9 Å². The molecule has 0 aliphatic heterocycles. The summed E-state index contributed by atoms with van der Waals surface area (Å²) in [6, 6.07) is 0.847. The first kappa shape index (κ1) is 59.0. The number of unbranched alkanes of at least 4 members (excludes halogenated alkanes) is 28. The molecule has 0 aliphatic carbocycles. The van der Waals surface area contributed by atoms with Crippen LogP contribution in [0.25, 0.3) is 0 Å². The number of amides is 2. The van der Waals surface area contributed by atoms with Gasteiger partial charge in [-0.3, -0.25) is 9.59 Å². The molecule has 0 rings (SSSR count). The highest BCUT2D eigenvalue weighted by Crippen LogP contribution is 2.20. The summed E-state index contributed by atoms with van der Waals surface area (Å²) >= 11 is 0. The van der Waals surface area contributed by atoms with Gasteiger partial charge in [0.15, 0.2) is 0 Å². The summed E-state index contributed by atoms with van der Waals surface area (Å²) in [5.74, 6) is 0.103. The van der Waals surface area contributed by atoms with Crippen molar-refractivity contribution in [2.45, 2.75) is 253 Å². The van der Waals surface area contributed by atoms with Crippen LogP contribution in [0.15, 0.2) is 0 Å². The number of rotatable bonds is 48. The first-order valence-electron chi connectivity index (χ1n) is 26.5. The monoisotopic (exact) mass is 869 g/mol. The zero-order valence-corrected chi connectivity index (χ0v) is 42.6. The van der Waals surface area contributed by atoms with E-state index in [9.17, 15) is 9.59 Å². The van der Waals surface area contributed by atoms with Gasteiger partial charge in [-0.1, -0.05) is 181 Å². The number of nitrogens with one attached hydrogen (secondary N) is 1. The Morgan fingerprint density at radius 1 is 0.450 bits per heavy atom. The Morgan fingerprint density at radius 3 is 1.15 bits per heavy atom. The average molecular weight is 870 g/mol. The Balaban J connectivity index is 4.51. The van der Waals surface area contributed by atoms with E-state index in [4.69, 9.17) is 13.3 Å². The van der Waals surface area contributed by atoms with E-state index in [-0.39, 0.29) is 18.4 Å². The highest BCUT2D eigenvalue weighted by molar-refractivity contribution is 6.60. The number of hydrogen-bond donors (Lipinski definition) is 1. The third-order valence-electron chi connectivity index (χ3n) is 12.4. The van der Waals surface area contributed by atoms with Crippen molar-refractivity contribution in [2.75, 3.05) is 66.6 Å². The van der Waals surface area contributed by atoms with Crippen molar-refractivity contribution in [3.8, 4) is 0 Å². The van der Waals surface area contributed by atoms with Gasteiger partial charge in [-0.05, 0) is 52.9 Å². The van der Waals surface area contributed by atoms with Gasteiger partial charge in [0, 0.05) is 51.8 Å². The zero-order chi connectivity index (χ0) is 44.3. The van der Waals surface area contributed by atoms with Crippen LogP contribution in [0.1, 0.15) is 247 Å². The van der Waals surface area contributed by atoms with E-state index >= 15 is 0 Å². The van der Waals surface area contributed by atoms with E-state index in [1.807, 2.05) is 20.8 Å². The number of carbonyl (C=O) groups excluding carboxylic acids is 2. The van der Waals surface area contributed by atoms with E-state index in [1.54, 1.807) is 0 Å². The summed E-state index contributed by atoms with van der Waals surface area (Å²) in [5, 5.41) is 2.98. The van der Waals surface area contributed by atoms with Gasteiger partial charge in [-0.25, -0.2) is 0 Å². The minimum atomic E-state index is -2.60. The largest absolute Gasteiger partial charge is 0.501 e. The maximum Gasteiger partial charge on any atom is 0.501 e. The van der Waals surface area contributed by atoms with E-state index in [1.165, 1.54) is 167 Å². The van der Waals surface area contributed by atoms with Crippen molar-refractivity contribution < 1.29 is 27.4 Å². The fourth-order valence-corrected chi connectivity index (χ4v) is 11.2. The molecule has 0 aliphatic rings. The Kier molecular flexibility index (Phi) is 42.5. The van der Waals surface area contributed by atoms with Crippen LogP contribution in [-0.4, -0.2) is 96.6 Å². The van der Waals surface area contributed by atoms with Gasteiger partial charge in [0.2, 0.25) is 11.8 Å². The van der Waals surface area contributed by atoms with Crippen LogP contribution in [0.5, 0.6) is 0 Å². The third kappa shape index (κ3) is 37.5. The second-order valence-corrected chi connectivity index (χ2v) is 21.4. The summed E-state index contributed by atoms with van der Waals surface area (Å²) in [5.41, 5.74) is 0. The zero-order valence-electron chi connectivity index (χ0n) is 41.6. The van der Waals surface area contributed by atoms with Gasteiger partial charge in [-0.15, -0.1) is 0 Å². The van der Waals surface area contributed by atoms with Crippen LogP contribution >= 0.6 is 0 Å². The first-order chi connectivity index (χ1) is 29.2. The van der Waals surface area contributed by atoms with Gasteiger partial charge in [0.25, 0.3) is 0 Å². The summed E-state index contributed by atoms with van der Waals surface area (Å²) < 4.78 is 19.1. The van der Waals surface area contributed by atoms with Crippen molar-refractivity contribution in [3.05, 3.63) is 0 Å². The molecule has 60 heavy (non-hydrogen) atoms. The van der Waals surface area contributed by atoms with Crippen molar-refractivity contribution in [1.29, 1.82) is 0 Å². The molecule has 9 heteroatoms.